The van der Waals surface area contributed by atoms with Gasteiger partial charge >= 0.3 is 0 Å². The van der Waals surface area contributed by atoms with Crippen molar-refractivity contribution in [3.05, 3.63) is 11.9 Å². The number of hydrogen-bond donors (Lipinski definition) is 0. The van der Waals surface area contributed by atoms with Gasteiger partial charge < -0.3 is 0 Å². The van der Waals surface area contributed by atoms with Crippen molar-refractivity contribution in [1.29, 1.82) is 0 Å². The molecule has 0 fully saturated rings. The molecule has 1 atom stereocenters. The van der Waals surface area contributed by atoms with Gasteiger partial charge in [-0.3, -0.25) is 4.68 Å². The van der Waals surface area contributed by atoms with Crippen molar-refractivity contribution >= 4 is 15.9 Å². The molecule has 0 aliphatic carbocycles. The van der Waals surface area contributed by atoms with Crippen molar-refractivity contribution in [1.82, 2.24) is 15.0 Å². The van der Waals surface area contributed by atoms with Crippen molar-refractivity contribution in [2.75, 3.05) is 0 Å². The molecule has 0 spiro atoms. The van der Waals surface area contributed by atoms with Gasteiger partial charge in [0.25, 0.3) is 0 Å². The molecule has 1 aromatic rings. The van der Waals surface area contributed by atoms with E-state index in [0.29, 0.717) is 0 Å². The van der Waals surface area contributed by atoms with Crippen molar-refractivity contribution < 1.29 is 0 Å². The Morgan fingerprint density at radius 1 is 1.43 bits per heavy atom. The van der Waals surface area contributed by atoms with Crippen molar-refractivity contribution in [2.24, 2.45) is 5.92 Å². The maximum absolute atomic E-state index is 4.11. The standard InChI is InChI=1S/C10H18BrN3/c1-4-9(5-2)6-14-7-10(8(3)11)12-13-14/h7-9H,4-6H2,1-3H3. The van der Waals surface area contributed by atoms with E-state index < -0.39 is 0 Å². The summed E-state index contributed by atoms with van der Waals surface area (Å²) in [6.45, 7) is 7.49. The molecule has 0 bridgehead atoms. The molecule has 0 saturated heterocycles. The lowest BCUT2D eigenvalue weighted by atomic mass is 10.0. The quantitative estimate of drug-likeness (QED) is 0.761. The molecule has 0 aromatic carbocycles. The average Bonchev–Trinajstić information content (AvgIpc) is 2.62. The molecule has 0 amide bonds. The van der Waals surface area contributed by atoms with Gasteiger partial charge in [0.15, 0.2) is 0 Å². The SMILES string of the molecule is CCC(CC)Cn1cc(C(C)Br)nn1. The molecule has 1 unspecified atom stereocenters. The minimum Gasteiger partial charge on any atom is -0.252 e. The van der Waals surface area contributed by atoms with E-state index in [1.165, 1.54) is 12.8 Å². The van der Waals surface area contributed by atoms with Crippen molar-refractivity contribution in [3.8, 4) is 0 Å². The zero-order chi connectivity index (χ0) is 10.6. The summed E-state index contributed by atoms with van der Waals surface area (Å²) in [7, 11) is 0. The Morgan fingerprint density at radius 2 is 2.07 bits per heavy atom. The highest BCUT2D eigenvalue weighted by atomic mass is 79.9. The normalized spacial score (nSPS) is 13.5. The van der Waals surface area contributed by atoms with E-state index in [0.717, 1.165) is 18.2 Å². The first-order valence-corrected chi connectivity index (χ1v) is 6.13. The van der Waals surface area contributed by atoms with E-state index in [1.54, 1.807) is 0 Å². The van der Waals surface area contributed by atoms with Gasteiger partial charge in [-0.2, -0.15) is 0 Å². The van der Waals surface area contributed by atoms with Crippen LogP contribution < -0.4 is 0 Å². The van der Waals surface area contributed by atoms with Crippen molar-refractivity contribution in [3.63, 3.8) is 0 Å². The molecule has 14 heavy (non-hydrogen) atoms. The lowest BCUT2D eigenvalue weighted by Gasteiger charge is -2.10. The highest BCUT2D eigenvalue weighted by Crippen LogP contribution is 2.19. The topological polar surface area (TPSA) is 30.7 Å². The van der Waals surface area contributed by atoms with Gasteiger partial charge in [-0.05, 0) is 12.8 Å². The summed E-state index contributed by atoms with van der Waals surface area (Å²) in [5.41, 5.74) is 1.01. The molecule has 0 aliphatic heterocycles. The molecule has 1 rings (SSSR count). The maximum Gasteiger partial charge on any atom is 0.0960 e. The molecule has 0 aliphatic rings. The number of nitrogens with zero attached hydrogens (tertiary/aromatic N) is 3. The Hall–Kier alpha value is -0.380. The van der Waals surface area contributed by atoms with Crippen LogP contribution >= 0.6 is 15.9 Å². The van der Waals surface area contributed by atoms with Crippen LogP contribution in [0.2, 0.25) is 0 Å². The molecular weight excluding hydrogens is 242 g/mol. The fraction of sp³-hybridized carbons (Fsp3) is 0.800. The Balaban J connectivity index is 2.58. The van der Waals surface area contributed by atoms with Crippen LogP contribution in [0.1, 0.15) is 44.1 Å². The zero-order valence-electron chi connectivity index (χ0n) is 9.07. The summed E-state index contributed by atoms with van der Waals surface area (Å²) in [5.74, 6) is 0.718. The second kappa shape index (κ2) is 5.49. The van der Waals surface area contributed by atoms with Gasteiger partial charge in [-0.15, -0.1) is 5.10 Å². The summed E-state index contributed by atoms with van der Waals surface area (Å²) >= 11 is 3.48. The smallest absolute Gasteiger partial charge is 0.0960 e. The summed E-state index contributed by atoms with van der Waals surface area (Å²) in [6, 6.07) is 0. The lowest BCUT2D eigenvalue weighted by molar-refractivity contribution is 0.390. The van der Waals surface area contributed by atoms with Crippen molar-refractivity contribution in [2.45, 2.75) is 45.0 Å². The number of rotatable bonds is 5. The van der Waals surface area contributed by atoms with E-state index >= 15 is 0 Å². The highest BCUT2D eigenvalue weighted by Gasteiger charge is 2.09. The molecule has 4 heteroatoms. The summed E-state index contributed by atoms with van der Waals surface area (Å²) < 4.78 is 1.95. The molecule has 1 heterocycles. The van der Waals surface area contributed by atoms with Gasteiger partial charge in [-0.25, -0.2) is 0 Å². The zero-order valence-corrected chi connectivity index (χ0v) is 10.7. The number of alkyl halides is 1. The van der Waals surface area contributed by atoms with Crippen LogP contribution in [0.25, 0.3) is 0 Å². The molecule has 0 N–H and O–H groups in total. The first-order valence-electron chi connectivity index (χ1n) is 5.21. The third-order valence-electron chi connectivity index (χ3n) is 2.56. The van der Waals surface area contributed by atoms with Crippen LogP contribution in [0.3, 0.4) is 0 Å². The molecule has 1 aromatic heterocycles. The third-order valence-corrected chi connectivity index (χ3v) is 3.03. The molecular formula is C10H18BrN3. The maximum atomic E-state index is 4.11. The van der Waals surface area contributed by atoms with Crippen LogP contribution in [0.5, 0.6) is 0 Å². The van der Waals surface area contributed by atoms with Crippen LogP contribution in [-0.4, -0.2) is 15.0 Å². The first kappa shape index (κ1) is 11.7. The van der Waals surface area contributed by atoms with Gasteiger partial charge in [0, 0.05) is 12.7 Å². The second-order valence-electron chi connectivity index (χ2n) is 3.66. The summed E-state index contributed by atoms with van der Waals surface area (Å²) in [5, 5.41) is 8.21. The number of halogens is 1. The Morgan fingerprint density at radius 3 is 2.50 bits per heavy atom. The monoisotopic (exact) mass is 259 g/mol. The Labute approximate surface area is 94.0 Å². The highest BCUT2D eigenvalue weighted by molar-refractivity contribution is 9.09. The fourth-order valence-electron chi connectivity index (χ4n) is 1.40. The average molecular weight is 260 g/mol. The van der Waals surface area contributed by atoms with Crippen LogP contribution in [0.15, 0.2) is 6.20 Å². The molecule has 3 nitrogen and oxygen atoms in total. The van der Waals surface area contributed by atoms with E-state index in [2.05, 4.69) is 47.0 Å². The third kappa shape index (κ3) is 3.08. The Bertz CT molecular complexity index is 266. The van der Waals surface area contributed by atoms with Gasteiger partial charge in [0.1, 0.15) is 0 Å². The Kier molecular flexibility index (Phi) is 4.58. The van der Waals surface area contributed by atoms with Gasteiger partial charge in [0.2, 0.25) is 0 Å². The minimum absolute atomic E-state index is 0.290. The van der Waals surface area contributed by atoms with E-state index in [-0.39, 0.29) is 4.83 Å². The van der Waals surface area contributed by atoms with E-state index in [4.69, 9.17) is 0 Å². The largest absolute Gasteiger partial charge is 0.252 e. The fourth-order valence-corrected chi connectivity index (χ4v) is 1.61. The molecule has 0 radical (unpaired) electrons. The van der Waals surface area contributed by atoms with Gasteiger partial charge in [-0.1, -0.05) is 47.8 Å². The molecule has 80 valence electrons. The van der Waals surface area contributed by atoms with Gasteiger partial charge in [0.05, 0.1) is 10.5 Å². The van der Waals surface area contributed by atoms with E-state index in [9.17, 15) is 0 Å². The first-order chi connectivity index (χ1) is 6.67. The van der Waals surface area contributed by atoms with E-state index in [1.807, 2.05) is 10.9 Å². The molecule has 0 saturated carbocycles. The summed E-state index contributed by atoms with van der Waals surface area (Å²) in [4.78, 5) is 0.290. The number of aromatic nitrogens is 3. The second-order valence-corrected chi connectivity index (χ2v) is 5.04. The lowest BCUT2D eigenvalue weighted by Crippen LogP contribution is -2.09. The van der Waals surface area contributed by atoms with Crippen LogP contribution in [0, 0.1) is 5.92 Å². The summed E-state index contributed by atoms with van der Waals surface area (Å²) in [6.07, 6.45) is 4.43. The predicted octanol–water partition coefficient (Wildman–Crippen LogP) is 3.17. The minimum atomic E-state index is 0.290. The van der Waals surface area contributed by atoms with Crippen LogP contribution in [0.4, 0.5) is 0 Å². The number of hydrogen-bond acceptors (Lipinski definition) is 2. The predicted molar refractivity (Wildman–Crippen MR) is 61.4 cm³/mol. The van der Waals surface area contributed by atoms with Crippen LogP contribution in [-0.2, 0) is 6.54 Å².